The first kappa shape index (κ1) is 15.9. The van der Waals surface area contributed by atoms with Gasteiger partial charge >= 0.3 is 5.97 Å². The van der Waals surface area contributed by atoms with Crippen molar-refractivity contribution in [3.63, 3.8) is 0 Å². The first-order chi connectivity index (χ1) is 12.7. The first-order valence-electron chi connectivity index (χ1n) is 9.57. The summed E-state index contributed by atoms with van der Waals surface area (Å²) in [6.07, 6.45) is 6.13. The number of benzene rings is 1. The SMILES string of the molecule is O=C(O)c1cn2c3c(c(N4CCNCC4)ccc3c1=O)C1CCCCC12. The van der Waals surface area contributed by atoms with Crippen molar-refractivity contribution in [2.75, 3.05) is 31.1 Å². The molecule has 0 spiro atoms. The molecule has 0 amide bonds. The van der Waals surface area contributed by atoms with E-state index in [0.29, 0.717) is 11.3 Å². The smallest absolute Gasteiger partial charge is 0.341 e. The molecule has 1 aliphatic carbocycles. The summed E-state index contributed by atoms with van der Waals surface area (Å²) < 4.78 is 2.12. The molecule has 6 heteroatoms. The monoisotopic (exact) mass is 353 g/mol. The van der Waals surface area contributed by atoms with Gasteiger partial charge in [-0.1, -0.05) is 12.8 Å². The summed E-state index contributed by atoms with van der Waals surface area (Å²) >= 11 is 0. The highest BCUT2D eigenvalue weighted by molar-refractivity contribution is 5.96. The lowest BCUT2D eigenvalue weighted by Gasteiger charge is -2.33. The number of piperazine rings is 1. The molecule has 2 aliphatic heterocycles. The zero-order chi connectivity index (χ0) is 17.8. The zero-order valence-corrected chi connectivity index (χ0v) is 14.7. The quantitative estimate of drug-likeness (QED) is 0.867. The number of fused-ring (bicyclic) bond motifs is 3. The van der Waals surface area contributed by atoms with Crippen LogP contribution in [-0.2, 0) is 0 Å². The number of rotatable bonds is 2. The molecular formula is C20H23N3O3. The van der Waals surface area contributed by atoms with E-state index in [4.69, 9.17) is 0 Å². The average Bonchev–Trinajstić information content (AvgIpc) is 3.00. The van der Waals surface area contributed by atoms with E-state index < -0.39 is 5.97 Å². The second-order valence-electron chi connectivity index (χ2n) is 7.67. The Morgan fingerprint density at radius 1 is 1.15 bits per heavy atom. The fourth-order valence-corrected chi connectivity index (χ4v) is 5.21. The van der Waals surface area contributed by atoms with Gasteiger partial charge in [0.15, 0.2) is 0 Å². The molecule has 3 aliphatic rings. The van der Waals surface area contributed by atoms with Gasteiger partial charge in [0.1, 0.15) is 5.56 Å². The number of pyridine rings is 1. The van der Waals surface area contributed by atoms with Gasteiger partial charge in [0.25, 0.3) is 0 Å². The molecule has 2 N–H and O–H groups in total. The standard InChI is InChI=1S/C20H23N3O3/c24-19-13-5-6-16(22-9-7-21-8-10-22)17-12-3-1-2-4-15(12)23(18(13)17)11-14(19)20(25)26/h5-6,11-12,15,21H,1-4,7-10H2,(H,25,26). The highest BCUT2D eigenvalue weighted by Gasteiger charge is 2.39. The molecule has 1 aromatic carbocycles. The Bertz CT molecular complexity index is 959. The summed E-state index contributed by atoms with van der Waals surface area (Å²) in [5.74, 6) is -0.742. The lowest BCUT2D eigenvalue weighted by molar-refractivity contribution is 0.0694. The van der Waals surface area contributed by atoms with Gasteiger partial charge in [-0.2, -0.15) is 0 Å². The van der Waals surface area contributed by atoms with Crippen molar-refractivity contribution in [1.29, 1.82) is 0 Å². The number of carboxylic acids is 1. The Morgan fingerprint density at radius 2 is 1.92 bits per heavy atom. The van der Waals surface area contributed by atoms with Crippen molar-refractivity contribution in [2.24, 2.45) is 0 Å². The van der Waals surface area contributed by atoms with Crippen LogP contribution in [0.1, 0.15) is 53.6 Å². The highest BCUT2D eigenvalue weighted by atomic mass is 16.4. The number of anilines is 1. The number of hydrogen-bond donors (Lipinski definition) is 2. The second-order valence-corrected chi connectivity index (χ2v) is 7.67. The number of aromatic nitrogens is 1. The number of nitrogens with zero attached hydrogens (tertiary/aromatic N) is 2. The predicted molar refractivity (Wildman–Crippen MR) is 100 cm³/mol. The van der Waals surface area contributed by atoms with Crippen LogP contribution in [0.15, 0.2) is 23.1 Å². The molecule has 1 aromatic heterocycles. The van der Waals surface area contributed by atoms with E-state index in [-0.39, 0.29) is 17.0 Å². The molecule has 0 bridgehead atoms. The minimum absolute atomic E-state index is 0.107. The zero-order valence-electron chi connectivity index (χ0n) is 14.7. The molecule has 26 heavy (non-hydrogen) atoms. The van der Waals surface area contributed by atoms with Crippen LogP contribution in [0.25, 0.3) is 10.9 Å². The summed E-state index contributed by atoms with van der Waals surface area (Å²) in [6, 6.07) is 4.18. The minimum atomic E-state index is -1.13. The van der Waals surface area contributed by atoms with Crippen molar-refractivity contribution in [1.82, 2.24) is 9.88 Å². The summed E-state index contributed by atoms with van der Waals surface area (Å²) in [5, 5.41) is 13.4. The summed E-state index contributed by atoms with van der Waals surface area (Å²) in [7, 11) is 0. The van der Waals surface area contributed by atoms with Gasteiger partial charge in [-0.25, -0.2) is 4.79 Å². The van der Waals surface area contributed by atoms with Crippen molar-refractivity contribution in [3.8, 4) is 0 Å². The molecule has 1 saturated heterocycles. The van der Waals surface area contributed by atoms with Crippen LogP contribution in [0.5, 0.6) is 0 Å². The highest BCUT2D eigenvalue weighted by Crippen LogP contribution is 2.52. The van der Waals surface area contributed by atoms with Gasteiger partial charge in [-0.3, -0.25) is 4.79 Å². The largest absolute Gasteiger partial charge is 0.477 e. The van der Waals surface area contributed by atoms with Gasteiger partial charge in [0, 0.05) is 61.0 Å². The van der Waals surface area contributed by atoms with E-state index in [1.54, 1.807) is 6.20 Å². The maximum atomic E-state index is 12.8. The van der Waals surface area contributed by atoms with E-state index in [9.17, 15) is 14.7 Å². The third kappa shape index (κ3) is 2.14. The van der Waals surface area contributed by atoms with Crippen LogP contribution in [0, 0.1) is 0 Å². The van der Waals surface area contributed by atoms with Gasteiger partial charge in [0.05, 0.1) is 5.52 Å². The van der Waals surface area contributed by atoms with Crippen molar-refractivity contribution < 1.29 is 9.90 Å². The Morgan fingerprint density at radius 3 is 2.69 bits per heavy atom. The van der Waals surface area contributed by atoms with Gasteiger partial charge in [0.2, 0.25) is 5.43 Å². The fourth-order valence-electron chi connectivity index (χ4n) is 5.21. The summed E-state index contributed by atoms with van der Waals surface area (Å²) in [5.41, 5.74) is 3.04. The molecule has 2 aromatic rings. The molecule has 2 atom stereocenters. The van der Waals surface area contributed by atoms with Crippen LogP contribution in [0.4, 0.5) is 5.69 Å². The number of nitrogens with one attached hydrogen (secondary N) is 1. The number of aromatic carboxylic acids is 1. The number of hydrogen-bond acceptors (Lipinski definition) is 4. The molecule has 2 unspecified atom stereocenters. The van der Waals surface area contributed by atoms with Crippen LogP contribution in [0.2, 0.25) is 0 Å². The number of carbonyl (C=O) groups is 1. The first-order valence-corrected chi connectivity index (χ1v) is 9.57. The maximum absolute atomic E-state index is 12.8. The van der Waals surface area contributed by atoms with Crippen molar-refractivity contribution in [2.45, 2.75) is 37.6 Å². The summed E-state index contributed by atoms with van der Waals surface area (Å²) in [4.78, 5) is 26.8. The van der Waals surface area contributed by atoms with E-state index in [1.165, 1.54) is 17.7 Å². The Labute approximate surface area is 151 Å². The molecule has 3 heterocycles. The normalized spacial score (nSPS) is 24.7. The lowest BCUT2D eigenvalue weighted by Crippen LogP contribution is -2.44. The molecule has 2 fully saturated rings. The van der Waals surface area contributed by atoms with Crippen LogP contribution < -0.4 is 15.6 Å². The topological polar surface area (TPSA) is 74.6 Å². The third-order valence-electron chi connectivity index (χ3n) is 6.36. The molecule has 1 saturated carbocycles. The molecule has 136 valence electrons. The average molecular weight is 353 g/mol. The Hall–Kier alpha value is -2.34. The van der Waals surface area contributed by atoms with Crippen LogP contribution >= 0.6 is 0 Å². The summed E-state index contributed by atoms with van der Waals surface area (Å²) in [6.45, 7) is 3.87. The van der Waals surface area contributed by atoms with Crippen LogP contribution in [-0.4, -0.2) is 41.8 Å². The van der Waals surface area contributed by atoms with Crippen molar-refractivity contribution >= 4 is 22.6 Å². The number of carboxylic acid groups (broad SMARTS) is 1. The van der Waals surface area contributed by atoms with Gasteiger partial charge < -0.3 is 19.9 Å². The third-order valence-corrected chi connectivity index (χ3v) is 6.36. The van der Waals surface area contributed by atoms with Gasteiger partial charge in [-0.15, -0.1) is 0 Å². The minimum Gasteiger partial charge on any atom is -0.477 e. The van der Waals surface area contributed by atoms with E-state index >= 15 is 0 Å². The van der Waals surface area contributed by atoms with Crippen LogP contribution in [0.3, 0.4) is 0 Å². The predicted octanol–water partition coefficient (Wildman–Crippen LogP) is 2.32. The lowest BCUT2D eigenvalue weighted by atomic mass is 9.81. The molecule has 0 radical (unpaired) electrons. The fraction of sp³-hybridized carbons (Fsp3) is 0.500. The second kappa shape index (κ2) is 5.84. The Kier molecular flexibility index (Phi) is 3.57. The van der Waals surface area contributed by atoms with E-state index in [0.717, 1.165) is 51.0 Å². The molecule has 5 rings (SSSR count). The molecule has 6 nitrogen and oxygen atoms in total. The van der Waals surface area contributed by atoms with Crippen molar-refractivity contribution in [3.05, 3.63) is 39.7 Å². The van der Waals surface area contributed by atoms with Gasteiger partial charge in [-0.05, 0) is 25.0 Å². The maximum Gasteiger partial charge on any atom is 0.341 e. The van der Waals surface area contributed by atoms with E-state index in [1.807, 2.05) is 6.07 Å². The Balaban J connectivity index is 1.80. The molecular weight excluding hydrogens is 330 g/mol. The van der Waals surface area contributed by atoms with E-state index in [2.05, 4.69) is 20.9 Å².